The van der Waals surface area contributed by atoms with Crippen LogP contribution in [0.1, 0.15) is 57.6 Å². The van der Waals surface area contributed by atoms with Crippen molar-refractivity contribution in [1.82, 2.24) is 10.2 Å². The highest BCUT2D eigenvalue weighted by Gasteiger charge is 2.36. The Morgan fingerprint density at radius 3 is 1.95 bits per heavy atom. The Morgan fingerprint density at radius 2 is 1.43 bits per heavy atom. The van der Waals surface area contributed by atoms with Gasteiger partial charge in [0.2, 0.25) is 11.8 Å². The summed E-state index contributed by atoms with van der Waals surface area (Å²) in [6, 6.07) is 14.6. The van der Waals surface area contributed by atoms with Crippen LogP contribution >= 0.6 is 0 Å². The molecule has 2 fully saturated rings. The van der Waals surface area contributed by atoms with Crippen molar-refractivity contribution in [1.29, 1.82) is 0 Å². The van der Waals surface area contributed by atoms with Gasteiger partial charge in [0.15, 0.2) is 0 Å². The van der Waals surface area contributed by atoms with E-state index >= 15 is 0 Å². The first-order valence-corrected chi connectivity index (χ1v) is 12.9. The van der Waals surface area contributed by atoms with Crippen molar-refractivity contribution >= 4 is 41.4 Å². The Bertz CT molecular complexity index is 1130. The standard InChI is InChI=1S/C29H36N4O4/c1-29(2,3)37-28(36)33-19-5-7-25(33)27(35)32-23-16-12-21(13-17-23)9-8-20-10-14-22(15-11-20)31-26(34)24-6-4-18-30-24/h8-17,24-25,30H,4-7,18-19H2,1-3H3,(H,31,34)(H,32,35)/b9-8+/t24-,25-/m0/s1. The summed E-state index contributed by atoms with van der Waals surface area (Å²) in [6.07, 6.45) is 6.82. The van der Waals surface area contributed by atoms with E-state index in [0.717, 1.165) is 42.6 Å². The lowest BCUT2D eigenvalue weighted by Crippen LogP contribution is -2.45. The van der Waals surface area contributed by atoms with E-state index in [9.17, 15) is 14.4 Å². The second kappa shape index (κ2) is 11.6. The van der Waals surface area contributed by atoms with Gasteiger partial charge in [0.25, 0.3) is 0 Å². The number of carbonyl (C=O) groups excluding carboxylic acids is 3. The molecule has 196 valence electrons. The van der Waals surface area contributed by atoms with Gasteiger partial charge in [-0.05, 0) is 88.4 Å². The molecule has 0 spiro atoms. The smallest absolute Gasteiger partial charge is 0.410 e. The molecule has 2 aliphatic rings. The van der Waals surface area contributed by atoms with Gasteiger partial charge in [-0.25, -0.2) is 4.79 Å². The van der Waals surface area contributed by atoms with Gasteiger partial charge in [-0.1, -0.05) is 36.4 Å². The van der Waals surface area contributed by atoms with E-state index in [0.29, 0.717) is 18.7 Å². The summed E-state index contributed by atoms with van der Waals surface area (Å²) in [7, 11) is 0. The molecule has 2 atom stereocenters. The molecule has 4 rings (SSSR count). The average Bonchev–Trinajstić information content (AvgIpc) is 3.56. The first-order valence-electron chi connectivity index (χ1n) is 12.9. The molecule has 3 amide bonds. The van der Waals surface area contributed by atoms with Crippen LogP contribution in [0.5, 0.6) is 0 Å². The Labute approximate surface area is 218 Å². The minimum atomic E-state index is -0.602. The molecular formula is C29H36N4O4. The SMILES string of the molecule is CC(C)(C)OC(=O)N1CCC[C@H]1C(=O)Nc1ccc(/C=C/c2ccc(NC(=O)[C@@H]3CCCN3)cc2)cc1. The van der Waals surface area contributed by atoms with E-state index in [2.05, 4.69) is 16.0 Å². The minimum absolute atomic E-state index is 0.0125. The molecule has 2 aromatic carbocycles. The van der Waals surface area contributed by atoms with E-state index in [1.165, 1.54) is 4.90 Å². The normalized spacial score (nSPS) is 19.7. The van der Waals surface area contributed by atoms with Gasteiger partial charge in [-0.3, -0.25) is 14.5 Å². The average molecular weight is 505 g/mol. The first-order chi connectivity index (χ1) is 17.7. The summed E-state index contributed by atoms with van der Waals surface area (Å²) in [6.45, 7) is 6.85. The molecule has 8 heteroatoms. The van der Waals surface area contributed by atoms with Crippen LogP contribution in [0.2, 0.25) is 0 Å². The lowest BCUT2D eigenvalue weighted by Gasteiger charge is -2.28. The second-order valence-corrected chi connectivity index (χ2v) is 10.5. The fourth-order valence-electron chi connectivity index (χ4n) is 4.49. The van der Waals surface area contributed by atoms with Crippen molar-refractivity contribution in [3.63, 3.8) is 0 Å². The summed E-state index contributed by atoms with van der Waals surface area (Å²) >= 11 is 0. The van der Waals surface area contributed by atoms with Gasteiger partial charge in [0.1, 0.15) is 11.6 Å². The fourth-order valence-corrected chi connectivity index (χ4v) is 4.49. The molecule has 2 aliphatic heterocycles. The topological polar surface area (TPSA) is 99.8 Å². The third-order valence-electron chi connectivity index (χ3n) is 6.38. The van der Waals surface area contributed by atoms with Gasteiger partial charge in [0, 0.05) is 17.9 Å². The van der Waals surface area contributed by atoms with Crippen molar-refractivity contribution in [3.8, 4) is 0 Å². The summed E-state index contributed by atoms with van der Waals surface area (Å²) < 4.78 is 5.45. The van der Waals surface area contributed by atoms with Crippen LogP contribution in [0.4, 0.5) is 16.2 Å². The molecule has 0 saturated carbocycles. The van der Waals surface area contributed by atoms with Crippen LogP contribution < -0.4 is 16.0 Å². The summed E-state index contributed by atoms with van der Waals surface area (Å²) in [5.41, 5.74) is 2.85. The van der Waals surface area contributed by atoms with Gasteiger partial charge < -0.3 is 20.7 Å². The highest BCUT2D eigenvalue weighted by Crippen LogP contribution is 2.23. The number of amides is 3. The monoisotopic (exact) mass is 504 g/mol. The molecule has 0 aliphatic carbocycles. The van der Waals surface area contributed by atoms with Crippen LogP contribution in [0.25, 0.3) is 12.2 Å². The first kappa shape index (κ1) is 26.4. The Kier molecular flexibility index (Phi) is 8.28. The van der Waals surface area contributed by atoms with Gasteiger partial charge >= 0.3 is 6.09 Å². The zero-order chi connectivity index (χ0) is 26.4. The highest BCUT2D eigenvalue weighted by atomic mass is 16.6. The van der Waals surface area contributed by atoms with E-state index in [1.807, 2.05) is 81.5 Å². The van der Waals surface area contributed by atoms with Crippen LogP contribution in [0.15, 0.2) is 48.5 Å². The Balaban J connectivity index is 1.29. The maximum atomic E-state index is 12.9. The number of carbonyl (C=O) groups is 3. The number of hydrogen-bond donors (Lipinski definition) is 3. The predicted molar refractivity (Wildman–Crippen MR) is 146 cm³/mol. The van der Waals surface area contributed by atoms with Crippen molar-refractivity contribution in [3.05, 3.63) is 59.7 Å². The fraction of sp³-hybridized carbons (Fsp3) is 0.414. The third kappa shape index (κ3) is 7.43. The van der Waals surface area contributed by atoms with Gasteiger partial charge in [0.05, 0.1) is 6.04 Å². The maximum absolute atomic E-state index is 12.9. The van der Waals surface area contributed by atoms with Gasteiger partial charge in [-0.2, -0.15) is 0 Å². The number of nitrogens with zero attached hydrogens (tertiary/aromatic N) is 1. The Morgan fingerprint density at radius 1 is 0.865 bits per heavy atom. The van der Waals surface area contributed by atoms with Crippen LogP contribution in [-0.2, 0) is 14.3 Å². The zero-order valence-corrected chi connectivity index (χ0v) is 21.8. The van der Waals surface area contributed by atoms with Crippen molar-refractivity contribution in [2.24, 2.45) is 0 Å². The largest absolute Gasteiger partial charge is 0.444 e. The van der Waals surface area contributed by atoms with E-state index in [1.54, 1.807) is 0 Å². The molecule has 2 saturated heterocycles. The number of nitrogens with one attached hydrogen (secondary N) is 3. The van der Waals surface area contributed by atoms with Crippen molar-refractivity contribution in [2.45, 2.75) is 64.1 Å². The Hall–Kier alpha value is -3.65. The molecule has 0 radical (unpaired) electrons. The quantitative estimate of drug-likeness (QED) is 0.487. The molecular weight excluding hydrogens is 468 g/mol. The van der Waals surface area contributed by atoms with E-state index in [-0.39, 0.29) is 17.9 Å². The van der Waals surface area contributed by atoms with Crippen LogP contribution in [-0.4, -0.2) is 53.6 Å². The maximum Gasteiger partial charge on any atom is 0.410 e. The molecule has 8 nitrogen and oxygen atoms in total. The minimum Gasteiger partial charge on any atom is -0.444 e. The molecule has 0 bridgehead atoms. The summed E-state index contributed by atoms with van der Waals surface area (Å²) in [5, 5.41) is 9.08. The number of benzene rings is 2. The molecule has 0 unspecified atom stereocenters. The van der Waals surface area contributed by atoms with Crippen molar-refractivity contribution < 1.29 is 19.1 Å². The molecule has 37 heavy (non-hydrogen) atoms. The van der Waals surface area contributed by atoms with Crippen molar-refractivity contribution in [2.75, 3.05) is 23.7 Å². The van der Waals surface area contributed by atoms with Crippen LogP contribution in [0, 0.1) is 0 Å². The molecule has 3 N–H and O–H groups in total. The third-order valence-corrected chi connectivity index (χ3v) is 6.38. The summed E-state index contributed by atoms with van der Waals surface area (Å²) in [5.74, 6) is -0.194. The number of hydrogen-bond acceptors (Lipinski definition) is 5. The lowest BCUT2D eigenvalue weighted by molar-refractivity contribution is -0.120. The van der Waals surface area contributed by atoms with Crippen LogP contribution in [0.3, 0.4) is 0 Å². The predicted octanol–water partition coefficient (Wildman–Crippen LogP) is 4.89. The second-order valence-electron chi connectivity index (χ2n) is 10.5. The molecule has 2 heterocycles. The number of likely N-dealkylation sites (tertiary alicyclic amines) is 1. The van der Waals surface area contributed by atoms with E-state index in [4.69, 9.17) is 4.74 Å². The number of ether oxygens (including phenoxy) is 1. The zero-order valence-electron chi connectivity index (χ0n) is 21.8. The molecule has 2 aromatic rings. The molecule has 0 aromatic heterocycles. The van der Waals surface area contributed by atoms with E-state index < -0.39 is 17.7 Å². The summed E-state index contributed by atoms with van der Waals surface area (Å²) in [4.78, 5) is 39.1. The highest BCUT2D eigenvalue weighted by molar-refractivity contribution is 5.97. The number of anilines is 2. The number of rotatable bonds is 6. The van der Waals surface area contributed by atoms with Gasteiger partial charge in [-0.15, -0.1) is 0 Å². The lowest BCUT2D eigenvalue weighted by atomic mass is 10.1.